The number of nitrogens with zero attached hydrogens (tertiary/aromatic N) is 1. The van der Waals surface area contributed by atoms with E-state index in [1.165, 1.54) is 0 Å². The molecule has 1 aromatic rings. The molecular formula is C16H28N2O2. The molecule has 0 aliphatic heterocycles. The number of aliphatic hydroxyl groups is 1. The van der Waals surface area contributed by atoms with Gasteiger partial charge in [-0.05, 0) is 30.5 Å². The van der Waals surface area contributed by atoms with Crippen LogP contribution in [0.2, 0.25) is 0 Å². The monoisotopic (exact) mass is 280 g/mol. The lowest BCUT2D eigenvalue weighted by Gasteiger charge is -2.30. The Hall–Kier alpha value is -1.10. The summed E-state index contributed by atoms with van der Waals surface area (Å²) >= 11 is 0. The van der Waals surface area contributed by atoms with Crippen LogP contribution in [0.3, 0.4) is 0 Å². The van der Waals surface area contributed by atoms with E-state index in [1.807, 2.05) is 12.1 Å². The van der Waals surface area contributed by atoms with Crippen LogP contribution in [0.15, 0.2) is 18.2 Å². The Morgan fingerprint density at radius 1 is 1.30 bits per heavy atom. The summed E-state index contributed by atoms with van der Waals surface area (Å²) in [5, 5.41) is 9.29. The Morgan fingerprint density at radius 3 is 2.50 bits per heavy atom. The predicted octanol–water partition coefficient (Wildman–Crippen LogP) is 2.14. The molecule has 3 N–H and O–H groups in total. The maximum atomic E-state index is 9.29. The van der Waals surface area contributed by atoms with Crippen molar-refractivity contribution in [3.05, 3.63) is 29.3 Å². The third kappa shape index (κ3) is 4.47. The third-order valence-corrected chi connectivity index (χ3v) is 3.80. The zero-order valence-electron chi connectivity index (χ0n) is 12.9. The molecule has 0 aliphatic rings. The Morgan fingerprint density at radius 2 is 2.00 bits per heavy atom. The Bertz CT molecular complexity index is 392. The zero-order valence-corrected chi connectivity index (χ0v) is 12.9. The molecule has 0 saturated carbocycles. The first-order valence-corrected chi connectivity index (χ1v) is 7.40. The van der Waals surface area contributed by atoms with Gasteiger partial charge in [-0.25, -0.2) is 0 Å². The van der Waals surface area contributed by atoms with Gasteiger partial charge < -0.3 is 15.6 Å². The molecule has 0 bridgehead atoms. The molecule has 20 heavy (non-hydrogen) atoms. The molecule has 0 spiro atoms. The van der Waals surface area contributed by atoms with Crippen LogP contribution in [0.1, 0.15) is 37.8 Å². The highest BCUT2D eigenvalue weighted by molar-refractivity contribution is 5.37. The van der Waals surface area contributed by atoms with Gasteiger partial charge in [-0.15, -0.1) is 0 Å². The lowest BCUT2D eigenvalue weighted by Crippen LogP contribution is -2.36. The normalized spacial score (nSPS) is 11.3. The maximum Gasteiger partial charge on any atom is 0.123 e. The molecule has 0 unspecified atom stereocenters. The summed E-state index contributed by atoms with van der Waals surface area (Å²) in [4.78, 5) is 2.32. The molecular weight excluding hydrogens is 252 g/mol. The van der Waals surface area contributed by atoms with Crippen molar-refractivity contribution >= 4 is 0 Å². The molecule has 0 atom stereocenters. The van der Waals surface area contributed by atoms with Gasteiger partial charge in [0.15, 0.2) is 0 Å². The van der Waals surface area contributed by atoms with Crippen molar-refractivity contribution in [2.24, 2.45) is 5.73 Å². The van der Waals surface area contributed by atoms with E-state index in [2.05, 4.69) is 24.8 Å². The van der Waals surface area contributed by atoms with Crippen molar-refractivity contribution in [3.63, 3.8) is 0 Å². The second kappa shape index (κ2) is 8.95. The topological polar surface area (TPSA) is 58.7 Å². The fourth-order valence-electron chi connectivity index (χ4n) is 2.63. The molecule has 0 fully saturated rings. The quantitative estimate of drug-likeness (QED) is 0.727. The summed E-state index contributed by atoms with van der Waals surface area (Å²) in [5.41, 5.74) is 7.96. The minimum Gasteiger partial charge on any atom is -0.496 e. The van der Waals surface area contributed by atoms with Crippen LogP contribution in [0, 0.1) is 0 Å². The summed E-state index contributed by atoms with van der Waals surface area (Å²) < 4.78 is 5.44. The van der Waals surface area contributed by atoms with Crippen molar-refractivity contribution in [3.8, 4) is 5.75 Å². The molecule has 0 radical (unpaired) electrons. The minimum absolute atomic E-state index is 0.176. The summed E-state index contributed by atoms with van der Waals surface area (Å²) in [5.74, 6) is 0.885. The van der Waals surface area contributed by atoms with Crippen LogP contribution >= 0.6 is 0 Å². The van der Waals surface area contributed by atoms with Gasteiger partial charge >= 0.3 is 0 Å². The Labute approximate surface area is 122 Å². The van der Waals surface area contributed by atoms with Crippen molar-refractivity contribution in [2.75, 3.05) is 20.3 Å². The molecule has 1 rings (SSSR count). The van der Waals surface area contributed by atoms with E-state index in [-0.39, 0.29) is 6.61 Å². The van der Waals surface area contributed by atoms with E-state index in [9.17, 15) is 5.11 Å². The molecule has 4 nitrogen and oxygen atoms in total. The highest BCUT2D eigenvalue weighted by Crippen LogP contribution is 2.23. The highest BCUT2D eigenvalue weighted by Gasteiger charge is 2.17. The van der Waals surface area contributed by atoms with E-state index in [0.29, 0.717) is 19.1 Å². The standard InChI is InChI=1S/C16H28N2O2/c1-4-15(5-2)18(8-9-19)12-14-10-13(11-17)6-7-16(14)20-3/h6-7,10,15,19H,4-5,8-9,11-12,17H2,1-3H3. The molecule has 0 aromatic heterocycles. The number of ether oxygens (including phenoxy) is 1. The number of hydrogen-bond donors (Lipinski definition) is 2. The molecule has 0 saturated heterocycles. The van der Waals surface area contributed by atoms with Crippen LogP contribution < -0.4 is 10.5 Å². The van der Waals surface area contributed by atoms with Crippen LogP contribution in [-0.2, 0) is 13.1 Å². The maximum absolute atomic E-state index is 9.29. The SMILES string of the molecule is CCC(CC)N(CCO)Cc1cc(CN)ccc1OC. The first-order chi connectivity index (χ1) is 9.69. The fraction of sp³-hybridized carbons (Fsp3) is 0.625. The van der Waals surface area contributed by atoms with Crippen molar-refractivity contribution in [2.45, 2.75) is 45.8 Å². The molecule has 114 valence electrons. The molecule has 0 aliphatic carbocycles. The van der Waals surface area contributed by atoms with Crippen molar-refractivity contribution in [1.29, 1.82) is 0 Å². The summed E-state index contributed by atoms with van der Waals surface area (Å²) in [6.45, 7) is 6.54. The minimum atomic E-state index is 0.176. The second-order valence-corrected chi connectivity index (χ2v) is 5.01. The first kappa shape index (κ1) is 17.0. The average Bonchev–Trinajstić information content (AvgIpc) is 2.48. The number of aliphatic hydroxyl groups excluding tert-OH is 1. The van der Waals surface area contributed by atoms with Gasteiger partial charge in [0.05, 0.1) is 13.7 Å². The van der Waals surface area contributed by atoms with Gasteiger partial charge in [0.25, 0.3) is 0 Å². The van der Waals surface area contributed by atoms with Crippen LogP contribution in [0.25, 0.3) is 0 Å². The van der Waals surface area contributed by atoms with Crippen molar-refractivity contribution < 1.29 is 9.84 Å². The number of rotatable bonds is 9. The van der Waals surface area contributed by atoms with Gasteiger partial charge in [0.2, 0.25) is 0 Å². The largest absolute Gasteiger partial charge is 0.496 e. The van der Waals surface area contributed by atoms with Crippen LogP contribution in [0.5, 0.6) is 5.75 Å². The van der Waals surface area contributed by atoms with Crippen molar-refractivity contribution in [1.82, 2.24) is 4.90 Å². The Balaban J connectivity index is 2.96. The fourth-order valence-corrected chi connectivity index (χ4v) is 2.63. The zero-order chi connectivity index (χ0) is 15.0. The summed E-state index contributed by atoms with van der Waals surface area (Å²) in [7, 11) is 1.69. The number of methoxy groups -OCH3 is 1. The summed E-state index contributed by atoms with van der Waals surface area (Å²) in [6.07, 6.45) is 2.16. The van der Waals surface area contributed by atoms with Gasteiger partial charge in [0, 0.05) is 31.2 Å². The lowest BCUT2D eigenvalue weighted by molar-refractivity contribution is 0.135. The number of nitrogens with two attached hydrogens (primary N) is 1. The van der Waals surface area contributed by atoms with Gasteiger partial charge in [0.1, 0.15) is 5.75 Å². The van der Waals surface area contributed by atoms with E-state index >= 15 is 0 Å². The smallest absolute Gasteiger partial charge is 0.123 e. The van der Waals surface area contributed by atoms with Gasteiger partial charge in [-0.2, -0.15) is 0 Å². The predicted molar refractivity (Wildman–Crippen MR) is 82.8 cm³/mol. The van der Waals surface area contributed by atoms with Gasteiger partial charge in [-0.1, -0.05) is 19.9 Å². The van der Waals surface area contributed by atoms with E-state index in [4.69, 9.17) is 10.5 Å². The molecule has 4 heteroatoms. The Kier molecular flexibility index (Phi) is 7.59. The second-order valence-electron chi connectivity index (χ2n) is 5.01. The van der Waals surface area contributed by atoms with Crippen LogP contribution in [0.4, 0.5) is 0 Å². The molecule has 0 heterocycles. The number of benzene rings is 1. The van der Waals surface area contributed by atoms with E-state index in [0.717, 1.165) is 36.3 Å². The first-order valence-electron chi connectivity index (χ1n) is 7.40. The third-order valence-electron chi connectivity index (χ3n) is 3.80. The highest BCUT2D eigenvalue weighted by atomic mass is 16.5. The van der Waals surface area contributed by atoms with E-state index < -0.39 is 0 Å². The summed E-state index contributed by atoms with van der Waals surface area (Å²) in [6, 6.07) is 6.55. The molecule has 0 amide bonds. The average molecular weight is 280 g/mol. The van der Waals surface area contributed by atoms with Crippen LogP contribution in [-0.4, -0.2) is 36.3 Å². The van der Waals surface area contributed by atoms with E-state index in [1.54, 1.807) is 7.11 Å². The molecule has 1 aromatic carbocycles. The van der Waals surface area contributed by atoms with Gasteiger partial charge in [-0.3, -0.25) is 4.90 Å². The number of hydrogen-bond acceptors (Lipinski definition) is 4. The lowest BCUT2D eigenvalue weighted by atomic mass is 10.1.